The third-order valence-corrected chi connectivity index (χ3v) is 4.44. The van der Waals surface area contributed by atoms with Gasteiger partial charge in [-0.15, -0.1) is 0 Å². The predicted octanol–water partition coefficient (Wildman–Crippen LogP) is 3.98. The fraction of sp³-hybridized carbons (Fsp3) is 0.217. The third-order valence-electron chi connectivity index (χ3n) is 4.44. The molecule has 0 aliphatic carbocycles. The first-order chi connectivity index (χ1) is 13.6. The summed E-state index contributed by atoms with van der Waals surface area (Å²) < 4.78 is 5.15. The van der Waals surface area contributed by atoms with E-state index in [2.05, 4.69) is 40.7 Å². The van der Waals surface area contributed by atoms with E-state index in [4.69, 9.17) is 4.74 Å². The van der Waals surface area contributed by atoms with E-state index in [0.29, 0.717) is 18.7 Å². The lowest BCUT2D eigenvalue weighted by atomic mass is 10.1. The molecule has 2 aromatic carbocycles. The summed E-state index contributed by atoms with van der Waals surface area (Å²) in [7, 11) is 1.65. The number of carbonyl (C=O) groups excluding carboxylic acids is 1. The van der Waals surface area contributed by atoms with Crippen LogP contribution >= 0.6 is 0 Å². The van der Waals surface area contributed by atoms with Crippen molar-refractivity contribution >= 4 is 11.7 Å². The minimum absolute atomic E-state index is 0.119. The normalized spacial score (nSPS) is 10.4. The lowest BCUT2D eigenvalue weighted by molar-refractivity contribution is 0.0954. The standard InChI is InChI=1S/C23H25N3O2/c1-17-4-3-5-19(14-17)15-25-22-11-8-20(16-26-22)23(27)24-13-12-18-6-9-21(28-2)10-7-18/h3-11,14,16H,12-13,15H2,1-2H3,(H,24,27)(H,25,26). The van der Waals surface area contributed by atoms with Gasteiger partial charge in [-0.2, -0.15) is 0 Å². The van der Waals surface area contributed by atoms with Crippen LogP contribution in [0, 0.1) is 6.92 Å². The number of nitrogens with one attached hydrogen (secondary N) is 2. The van der Waals surface area contributed by atoms with E-state index in [1.807, 2.05) is 36.4 Å². The minimum atomic E-state index is -0.119. The number of hydrogen-bond donors (Lipinski definition) is 2. The molecule has 0 unspecified atom stereocenters. The lowest BCUT2D eigenvalue weighted by Gasteiger charge is -2.08. The van der Waals surface area contributed by atoms with Gasteiger partial charge in [0.15, 0.2) is 0 Å². The molecule has 0 bridgehead atoms. The smallest absolute Gasteiger partial charge is 0.252 e. The molecular formula is C23H25N3O2. The van der Waals surface area contributed by atoms with Crippen LogP contribution in [-0.2, 0) is 13.0 Å². The molecule has 0 spiro atoms. The average Bonchev–Trinajstić information content (AvgIpc) is 2.73. The second-order valence-electron chi connectivity index (χ2n) is 6.63. The number of methoxy groups -OCH3 is 1. The topological polar surface area (TPSA) is 63.2 Å². The highest BCUT2D eigenvalue weighted by atomic mass is 16.5. The van der Waals surface area contributed by atoms with Gasteiger partial charge in [-0.1, -0.05) is 42.0 Å². The molecule has 0 saturated heterocycles. The number of ether oxygens (including phenoxy) is 1. The maximum Gasteiger partial charge on any atom is 0.252 e. The van der Waals surface area contributed by atoms with Gasteiger partial charge in [0.05, 0.1) is 12.7 Å². The third kappa shape index (κ3) is 5.58. The van der Waals surface area contributed by atoms with Crippen LogP contribution in [0.3, 0.4) is 0 Å². The zero-order valence-electron chi connectivity index (χ0n) is 16.2. The van der Waals surface area contributed by atoms with Crippen molar-refractivity contribution in [3.63, 3.8) is 0 Å². The fourth-order valence-corrected chi connectivity index (χ4v) is 2.86. The van der Waals surface area contributed by atoms with Gasteiger partial charge < -0.3 is 15.4 Å². The Labute approximate surface area is 165 Å². The number of hydrogen-bond acceptors (Lipinski definition) is 4. The van der Waals surface area contributed by atoms with Gasteiger partial charge >= 0.3 is 0 Å². The summed E-state index contributed by atoms with van der Waals surface area (Å²) in [6, 6.07) is 19.8. The number of rotatable bonds is 8. The van der Waals surface area contributed by atoms with Crippen molar-refractivity contribution < 1.29 is 9.53 Å². The molecule has 5 heteroatoms. The Morgan fingerprint density at radius 1 is 1.04 bits per heavy atom. The SMILES string of the molecule is COc1ccc(CCNC(=O)c2ccc(NCc3cccc(C)c3)nc2)cc1. The van der Waals surface area contributed by atoms with Gasteiger partial charge in [0.2, 0.25) is 0 Å². The van der Waals surface area contributed by atoms with Crippen LogP contribution in [0.1, 0.15) is 27.0 Å². The number of amides is 1. The lowest BCUT2D eigenvalue weighted by Crippen LogP contribution is -2.25. The number of aromatic nitrogens is 1. The van der Waals surface area contributed by atoms with Gasteiger partial charge in [-0.05, 0) is 48.7 Å². The van der Waals surface area contributed by atoms with Gasteiger partial charge in [0.25, 0.3) is 5.91 Å². The first-order valence-electron chi connectivity index (χ1n) is 9.30. The van der Waals surface area contributed by atoms with Crippen LogP contribution in [0.25, 0.3) is 0 Å². The second kappa shape index (κ2) is 9.55. The summed E-state index contributed by atoms with van der Waals surface area (Å²) in [5.41, 5.74) is 4.13. The molecule has 28 heavy (non-hydrogen) atoms. The Kier molecular flexibility index (Phi) is 6.63. The number of pyridine rings is 1. The van der Waals surface area contributed by atoms with Gasteiger partial charge in [0, 0.05) is 19.3 Å². The van der Waals surface area contributed by atoms with Crippen LogP contribution in [0.2, 0.25) is 0 Å². The Morgan fingerprint density at radius 3 is 2.54 bits per heavy atom. The van der Waals surface area contributed by atoms with Crippen LogP contribution < -0.4 is 15.4 Å². The Bertz CT molecular complexity index is 906. The summed E-state index contributed by atoms with van der Waals surface area (Å²) in [5, 5.41) is 6.20. The van der Waals surface area contributed by atoms with E-state index in [0.717, 1.165) is 23.6 Å². The molecule has 0 radical (unpaired) electrons. The fourth-order valence-electron chi connectivity index (χ4n) is 2.86. The zero-order chi connectivity index (χ0) is 19.8. The molecule has 0 saturated carbocycles. The summed E-state index contributed by atoms with van der Waals surface area (Å²) in [6.07, 6.45) is 2.36. The monoisotopic (exact) mass is 375 g/mol. The van der Waals surface area contributed by atoms with E-state index >= 15 is 0 Å². The second-order valence-corrected chi connectivity index (χ2v) is 6.63. The van der Waals surface area contributed by atoms with Gasteiger partial charge in [-0.25, -0.2) is 4.98 Å². The summed E-state index contributed by atoms with van der Waals surface area (Å²) in [4.78, 5) is 16.6. The highest BCUT2D eigenvalue weighted by Gasteiger charge is 2.06. The maximum atomic E-state index is 12.3. The number of carbonyl (C=O) groups is 1. The largest absolute Gasteiger partial charge is 0.497 e. The number of benzene rings is 2. The quantitative estimate of drug-likeness (QED) is 0.625. The van der Waals surface area contributed by atoms with Crippen molar-refractivity contribution in [3.05, 3.63) is 89.1 Å². The number of aryl methyl sites for hydroxylation is 1. The van der Waals surface area contributed by atoms with E-state index in [-0.39, 0.29) is 5.91 Å². The molecule has 0 aliphatic heterocycles. The minimum Gasteiger partial charge on any atom is -0.497 e. The summed E-state index contributed by atoms with van der Waals surface area (Å²) in [6.45, 7) is 3.34. The molecule has 144 valence electrons. The highest BCUT2D eigenvalue weighted by molar-refractivity contribution is 5.94. The van der Waals surface area contributed by atoms with Gasteiger partial charge in [-0.3, -0.25) is 4.79 Å². The molecule has 1 aromatic heterocycles. The maximum absolute atomic E-state index is 12.3. The highest BCUT2D eigenvalue weighted by Crippen LogP contribution is 2.12. The van der Waals surface area contributed by atoms with Crippen molar-refractivity contribution in [3.8, 4) is 5.75 Å². The van der Waals surface area contributed by atoms with Crippen LogP contribution in [-0.4, -0.2) is 24.5 Å². The molecule has 1 amide bonds. The Balaban J connectivity index is 1.46. The van der Waals surface area contributed by atoms with E-state index in [1.165, 1.54) is 11.1 Å². The van der Waals surface area contributed by atoms with E-state index < -0.39 is 0 Å². The van der Waals surface area contributed by atoms with Crippen molar-refractivity contribution in [2.45, 2.75) is 19.9 Å². The molecule has 2 N–H and O–H groups in total. The molecule has 3 rings (SSSR count). The van der Waals surface area contributed by atoms with Crippen LogP contribution in [0.15, 0.2) is 66.9 Å². The summed E-state index contributed by atoms with van der Waals surface area (Å²) >= 11 is 0. The van der Waals surface area contributed by atoms with Crippen LogP contribution in [0.5, 0.6) is 5.75 Å². The molecule has 5 nitrogen and oxygen atoms in total. The van der Waals surface area contributed by atoms with Gasteiger partial charge in [0.1, 0.15) is 11.6 Å². The Hall–Kier alpha value is -3.34. The molecule has 1 heterocycles. The van der Waals surface area contributed by atoms with Crippen molar-refractivity contribution in [1.82, 2.24) is 10.3 Å². The first kappa shape index (κ1) is 19.4. The summed E-state index contributed by atoms with van der Waals surface area (Å²) in [5.74, 6) is 1.46. The van der Waals surface area contributed by atoms with E-state index in [9.17, 15) is 4.79 Å². The molecule has 0 fully saturated rings. The Morgan fingerprint density at radius 2 is 1.86 bits per heavy atom. The number of nitrogens with zero attached hydrogens (tertiary/aromatic N) is 1. The molecular weight excluding hydrogens is 350 g/mol. The average molecular weight is 375 g/mol. The van der Waals surface area contributed by atoms with Crippen molar-refractivity contribution in [2.75, 3.05) is 19.0 Å². The molecule has 0 atom stereocenters. The first-order valence-corrected chi connectivity index (χ1v) is 9.30. The van der Waals surface area contributed by atoms with Crippen molar-refractivity contribution in [1.29, 1.82) is 0 Å². The predicted molar refractivity (Wildman–Crippen MR) is 112 cm³/mol. The number of anilines is 1. The molecule has 0 aliphatic rings. The molecule has 3 aromatic rings. The van der Waals surface area contributed by atoms with Crippen molar-refractivity contribution in [2.24, 2.45) is 0 Å². The van der Waals surface area contributed by atoms with E-state index in [1.54, 1.807) is 19.4 Å². The van der Waals surface area contributed by atoms with Crippen LogP contribution in [0.4, 0.5) is 5.82 Å². The zero-order valence-corrected chi connectivity index (χ0v) is 16.2.